The molecule has 0 aliphatic rings. The molecule has 0 radical (unpaired) electrons. The highest BCUT2D eigenvalue weighted by atomic mass is 16.7. The minimum Gasteiger partial charge on any atom is -0.438 e. The maximum Gasteiger partial charge on any atom is 0.507 e. The average molecular weight is 107 g/mol. The molecule has 0 heterocycles. The minimum atomic E-state index is -0.657. The Hall–Kier alpha value is -0.770. The van der Waals surface area contributed by atoms with E-state index < -0.39 is 6.16 Å². The van der Waals surface area contributed by atoms with E-state index in [-0.39, 0.29) is 6.15 Å². The molecule has 4 heteroatoms. The van der Waals surface area contributed by atoms with E-state index >= 15 is 0 Å². The Morgan fingerprint density at radius 1 is 1.29 bits per heavy atom. The van der Waals surface area contributed by atoms with Crippen LogP contribution >= 0.6 is 0 Å². The van der Waals surface area contributed by atoms with Gasteiger partial charge in [-0.05, 0) is 0 Å². The Morgan fingerprint density at radius 3 is 1.57 bits per heavy atom. The van der Waals surface area contributed by atoms with Crippen LogP contribution in [-0.4, -0.2) is 20.4 Å². The van der Waals surface area contributed by atoms with Crippen LogP contribution in [0, 0.1) is 0 Å². The van der Waals surface area contributed by atoms with Gasteiger partial charge in [0.15, 0.2) is 0 Å². The van der Waals surface area contributed by atoms with Gasteiger partial charge in [-0.15, -0.1) is 0 Å². The van der Waals surface area contributed by atoms with Crippen molar-refractivity contribution in [2.24, 2.45) is 0 Å². The zero-order valence-electron chi connectivity index (χ0n) is 4.43. The van der Waals surface area contributed by atoms with Gasteiger partial charge in [0.25, 0.3) is 0 Å². The molecule has 0 saturated heterocycles. The molecule has 4 nitrogen and oxygen atoms in total. The normalized spacial score (nSPS) is 6.00. The summed E-state index contributed by atoms with van der Waals surface area (Å²) >= 11 is 0. The summed E-state index contributed by atoms with van der Waals surface area (Å²) in [6, 6.07) is 0. The highest BCUT2D eigenvalue weighted by Gasteiger charge is 1.88. The van der Waals surface area contributed by atoms with Crippen molar-refractivity contribution in [3.63, 3.8) is 0 Å². The molecule has 0 fully saturated rings. The van der Waals surface area contributed by atoms with Crippen LogP contribution in [0.4, 0.5) is 4.79 Å². The molecule has 0 aromatic rings. The third-order valence-corrected chi connectivity index (χ3v) is 0.333. The lowest BCUT2D eigenvalue weighted by atomic mass is 11.3. The first-order valence-electron chi connectivity index (χ1n) is 1.43. The molecule has 0 bridgehead atoms. The summed E-state index contributed by atoms with van der Waals surface area (Å²) in [5.74, 6) is 0. The summed E-state index contributed by atoms with van der Waals surface area (Å²) < 4.78 is 8.08. The summed E-state index contributed by atoms with van der Waals surface area (Å²) in [4.78, 5) is 9.74. The lowest BCUT2D eigenvalue weighted by molar-refractivity contribution is 0.0924. The molecule has 0 aromatic carbocycles. The zero-order valence-corrected chi connectivity index (χ0v) is 4.43. The van der Waals surface area contributed by atoms with E-state index in [9.17, 15) is 4.79 Å². The molecule has 7 heavy (non-hydrogen) atoms. The van der Waals surface area contributed by atoms with E-state index in [1.54, 1.807) is 0 Å². The summed E-state index contributed by atoms with van der Waals surface area (Å²) in [6.45, 7) is 0. The molecule has 0 aromatic heterocycles. The Labute approximate surface area is 42.0 Å². The SMILES string of the molecule is COC(=O)OC.N. The molecule has 0 atom stereocenters. The Kier molecular flexibility index (Phi) is 7.12. The summed E-state index contributed by atoms with van der Waals surface area (Å²) in [5, 5.41) is 0. The first kappa shape index (κ1) is 9.52. The summed E-state index contributed by atoms with van der Waals surface area (Å²) in [6.07, 6.45) is -0.657. The van der Waals surface area contributed by atoms with Crippen LogP contribution in [0.2, 0.25) is 0 Å². The highest BCUT2D eigenvalue weighted by molar-refractivity contribution is 5.59. The third kappa shape index (κ3) is 5.23. The van der Waals surface area contributed by atoms with Crippen molar-refractivity contribution < 1.29 is 14.3 Å². The van der Waals surface area contributed by atoms with E-state index in [4.69, 9.17) is 0 Å². The van der Waals surface area contributed by atoms with Crippen LogP contribution in [0.3, 0.4) is 0 Å². The van der Waals surface area contributed by atoms with E-state index in [2.05, 4.69) is 9.47 Å². The van der Waals surface area contributed by atoms with E-state index in [1.807, 2.05) is 0 Å². The van der Waals surface area contributed by atoms with Crippen molar-refractivity contribution in [1.82, 2.24) is 6.15 Å². The van der Waals surface area contributed by atoms with Crippen molar-refractivity contribution in [2.45, 2.75) is 0 Å². The largest absolute Gasteiger partial charge is 0.507 e. The van der Waals surface area contributed by atoms with Gasteiger partial charge >= 0.3 is 6.16 Å². The van der Waals surface area contributed by atoms with Crippen LogP contribution in [0.1, 0.15) is 0 Å². The smallest absolute Gasteiger partial charge is 0.438 e. The predicted octanol–water partition coefficient (Wildman–Crippen LogP) is 0.561. The highest BCUT2D eigenvalue weighted by Crippen LogP contribution is 1.72. The fourth-order valence-electron chi connectivity index (χ4n) is 0.0833. The molecule has 0 amide bonds. The molecule has 0 spiro atoms. The van der Waals surface area contributed by atoms with Gasteiger partial charge in [-0.3, -0.25) is 0 Å². The summed E-state index contributed by atoms with van der Waals surface area (Å²) in [7, 11) is 2.51. The Balaban J connectivity index is 0. The second-order valence-electron chi connectivity index (χ2n) is 0.658. The number of carbonyl (C=O) groups is 1. The van der Waals surface area contributed by atoms with Gasteiger partial charge in [-0.2, -0.15) is 0 Å². The lowest BCUT2D eigenvalue weighted by Gasteiger charge is -1.89. The molecular weight excluding hydrogens is 98.0 g/mol. The second-order valence-corrected chi connectivity index (χ2v) is 0.658. The van der Waals surface area contributed by atoms with Crippen LogP contribution in [0.15, 0.2) is 0 Å². The number of ether oxygens (including phenoxy) is 2. The van der Waals surface area contributed by atoms with Crippen LogP contribution < -0.4 is 6.15 Å². The monoisotopic (exact) mass is 107 g/mol. The second kappa shape index (κ2) is 5.23. The lowest BCUT2D eigenvalue weighted by Crippen LogP contribution is -1.97. The quantitative estimate of drug-likeness (QED) is 0.459. The number of hydrogen-bond donors (Lipinski definition) is 1. The minimum absolute atomic E-state index is 0. The number of methoxy groups -OCH3 is 2. The van der Waals surface area contributed by atoms with Gasteiger partial charge in [0.05, 0.1) is 14.2 Å². The van der Waals surface area contributed by atoms with Gasteiger partial charge < -0.3 is 15.6 Å². The molecule has 3 N–H and O–H groups in total. The molecule has 44 valence electrons. The van der Waals surface area contributed by atoms with E-state index in [0.29, 0.717) is 0 Å². The van der Waals surface area contributed by atoms with Crippen molar-refractivity contribution in [1.29, 1.82) is 0 Å². The third-order valence-electron chi connectivity index (χ3n) is 0.333. The number of hydrogen-bond acceptors (Lipinski definition) is 4. The van der Waals surface area contributed by atoms with Crippen molar-refractivity contribution in [3.05, 3.63) is 0 Å². The maximum absolute atomic E-state index is 9.74. The Morgan fingerprint density at radius 2 is 1.57 bits per heavy atom. The molecule has 0 unspecified atom stereocenters. The van der Waals surface area contributed by atoms with Gasteiger partial charge in [0.2, 0.25) is 0 Å². The van der Waals surface area contributed by atoms with Gasteiger partial charge in [-0.25, -0.2) is 4.79 Å². The van der Waals surface area contributed by atoms with Gasteiger partial charge in [0.1, 0.15) is 0 Å². The van der Waals surface area contributed by atoms with Gasteiger partial charge in [0, 0.05) is 0 Å². The average Bonchev–Trinajstić information content (AvgIpc) is 1.65. The first-order chi connectivity index (χ1) is 2.81. The molecule has 0 aliphatic heterocycles. The van der Waals surface area contributed by atoms with Crippen LogP contribution in [-0.2, 0) is 9.47 Å². The van der Waals surface area contributed by atoms with Crippen LogP contribution in [0.25, 0.3) is 0 Å². The van der Waals surface area contributed by atoms with Crippen molar-refractivity contribution in [3.8, 4) is 0 Å². The topological polar surface area (TPSA) is 70.5 Å². The standard InChI is InChI=1S/C3H6O3.H3N/c1-5-3(4)6-2;/h1-2H3;1H3. The number of carbonyl (C=O) groups excluding carboxylic acids is 1. The predicted molar refractivity (Wildman–Crippen MR) is 24.4 cm³/mol. The van der Waals surface area contributed by atoms with E-state index in [1.165, 1.54) is 14.2 Å². The molecule has 0 saturated carbocycles. The number of rotatable bonds is 0. The van der Waals surface area contributed by atoms with Gasteiger partial charge in [-0.1, -0.05) is 0 Å². The Bertz CT molecular complexity index is 48.1. The van der Waals surface area contributed by atoms with Crippen molar-refractivity contribution >= 4 is 6.16 Å². The summed E-state index contributed by atoms with van der Waals surface area (Å²) in [5.41, 5.74) is 0. The first-order valence-corrected chi connectivity index (χ1v) is 1.43. The fraction of sp³-hybridized carbons (Fsp3) is 0.667. The van der Waals surface area contributed by atoms with Crippen LogP contribution in [0.5, 0.6) is 0 Å². The van der Waals surface area contributed by atoms with Crippen molar-refractivity contribution in [2.75, 3.05) is 14.2 Å². The molecular formula is C3H9NO3. The fourth-order valence-corrected chi connectivity index (χ4v) is 0.0833. The zero-order chi connectivity index (χ0) is 4.99. The molecule has 0 rings (SSSR count). The maximum atomic E-state index is 9.74. The molecule has 0 aliphatic carbocycles. The van der Waals surface area contributed by atoms with E-state index in [0.717, 1.165) is 0 Å².